The van der Waals surface area contributed by atoms with Crippen LogP contribution in [0.2, 0.25) is 0 Å². The van der Waals surface area contributed by atoms with E-state index in [0.717, 1.165) is 95.1 Å². The molecule has 56 heavy (non-hydrogen) atoms. The Labute approximate surface area is 322 Å². The molecular formula is C46H35N7O3. The second-order valence-electron chi connectivity index (χ2n) is 13.4. The summed E-state index contributed by atoms with van der Waals surface area (Å²) in [5.41, 5.74) is 14.5. The Kier molecular flexibility index (Phi) is 9.26. The van der Waals surface area contributed by atoms with Gasteiger partial charge in [0.15, 0.2) is 0 Å². The number of carboxylic acid groups (broad SMARTS) is 1. The zero-order valence-electron chi connectivity index (χ0n) is 30.2. The van der Waals surface area contributed by atoms with Gasteiger partial charge in [-0.05, 0) is 132 Å². The Bertz CT molecular complexity index is 2650. The van der Waals surface area contributed by atoms with E-state index in [9.17, 15) is 4.79 Å². The maximum atomic E-state index is 10.9. The number of hydrogen-bond acceptors (Lipinski definition) is 7. The van der Waals surface area contributed by atoms with Crippen molar-refractivity contribution in [1.29, 1.82) is 0 Å². The van der Waals surface area contributed by atoms with E-state index in [-0.39, 0.29) is 6.42 Å². The van der Waals surface area contributed by atoms with Gasteiger partial charge in [0.2, 0.25) is 0 Å². The molecule has 272 valence electrons. The molecular weight excluding hydrogens is 699 g/mol. The molecule has 2 aliphatic rings. The first-order valence-corrected chi connectivity index (χ1v) is 18.4. The smallest absolute Gasteiger partial charge is 0.303 e. The molecule has 0 fully saturated rings. The van der Waals surface area contributed by atoms with Crippen LogP contribution in [0.15, 0.2) is 122 Å². The number of nitrogens with zero attached hydrogens (tertiary/aromatic N) is 5. The highest BCUT2D eigenvalue weighted by Crippen LogP contribution is 2.38. The lowest BCUT2D eigenvalue weighted by Gasteiger charge is -2.08. The second kappa shape index (κ2) is 15.1. The molecule has 8 bridgehead atoms. The minimum Gasteiger partial charge on any atom is -0.494 e. The van der Waals surface area contributed by atoms with Gasteiger partial charge in [-0.1, -0.05) is 12.1 Å². The molecule has 1 aromatic carbocycles. The van der Waals surface area contributed by atoms with Gasteiger partial charge in [-0.3, -0.25) is 19.7 Å². The summed E-state index contributed by atoms with van der Waals surface area (Å²) < 4.78 is 5.98. The van der Waals surface area contributed by atoms with Crippen molar-refractivity contribution in [2.75, 3.05) is 6.61 Å². The first-order valence-electron chi connectivity index (χ1n) is 18.4. The van der Waals surface area contributed by atoms with E-state index in [0.29, 0.717) is 19.4 Å². The third-order valence-electron chi connectivity index (χ3n) is 9.86. The van der Waals surface area contributed by atoms with E-state index < -0.39 is 5.97 Å². The standard InChI is InChI=1S/C46H35N7O3/c54-42(55)3-1-2-28-56-33-6-4-29(5-7-33)43-34-8-10-36(50-34)44(30-16-22-47-23-17-30)38-12-14-40(52-38)46(32-20-26-49-27-21-32)41-15-13-39(53-41)45(31-18-24-48-25-19-31)37-11-9-35(43)51-37/h4-27,50-51H,1-3,28H2,(H,54,55). The average Bonchev–Trinajstić information content (AvgIpc) is 4.08. The molecule has 10 nitrogen and oxygen atoms in total. The molecule has 10 heteroatoms. The summed E-state index contributed by atoms with van der Waals surface area (Å²) in [4.78, 5) is 42.0. The number of benzene rings is 1. The van der Waals surface area contributed by atoms with Crippen LogP contribution in [-0.2, 0) is 4.79 Å². The summed E-state index contributed by atoms with van der Waals surface area (Å²) in [5.74, 6) is -0.0743. The number of unbranched alkanes of at least 4 members (excludes halogenated alkanes) is 1. The quantitative estimate of drug-likeness (QED) is 0.118. The van der Waals surface area contributed by atoms with Gasteiger partial charge >= 0.3 is 5.97 Å². The van der Waals surface area contributed by atoms with Crippen molar-refractivity contribution >= 4 is 52.3 Å². The summed E-state index contributed by atoms with van der Waals surface area (Å²) in [5, 5.41) is 8.97. The molecule has 7 aromatic rings. The molecule has 6 aromatic heterocycles. The lowest BCUT2D eigenvalue weighted by atomic mass is 10.0. The van der Waals surface area contributed by atoms with E-state index in [1.54, 1.807) is 37.2 Å². The monoisotopic (exact) mass is 733 g/mol. The van der Waals surface area contributed by atoms with Crippen LogP contribution in [0.25, 0.3) is 90.9 Å². The summed E-state index contributed by atoms with van der Waals surface area (Å²) in [6.45, 7) is 0.446. The van der Waals surface area contributed by atoms with Crippen LogP contribution in [0.1, 0.15) is 42.0 Å². The normalized spacial score (nSPS) is 11.9. The van der Waals surface area contributed by atoms with E-state index in [1.807, 2.05) is 48.5 Å². The number of hydrogen-bond donors (Lipinski definition) is 3. The summed E-state index contributed by atoms with van der Waals surface area (Å²) >= 11 is 0. The molecule has 9 rings (SSSR count). The van der Waals surface area contributed by atoms with Gasteiger partial charge in [-0.25, -0.2) is 9.97 Å². The maximum Gasteiger partial charge on any atom is 0.303 e. The fourth-order valence-electron chi connectivity index (χ4n) is 7.26. The van der Waals surface area contributed by atoms with Crippen molar-refractivity contribution < 1.29 is 14.6 Å². The number of ether oxygens (including phenoxy) is 1. The van der Waals surface area contributed by atoms with Gasteiger partial charge in [-0.2, -0.15) is 0 Å². The van der Waals surface area contributed by atoms with Gasteiger partial charge in [0.25, 0.3) is 0 Å². The number of aliphatic carboxylic acids is 1. The number of rotatable bonds is 10. The van der Waals surface area contributed by atoms with Crippen LogP contribution in [0, 0.1) is 0 Å². The van der Waals surface area contributed by atoms with Crippen LogP contribution >= 0.6 is 0 Å². The highest BCUT2D eigenvalue weighted by Gasteiger charge is 2.19. The number of nitrogens with one attached hydrogen (secondary N) is 2. The number of aromatic nitrogens is 7. The lowest BCUT2D eigenvalue weighted by Crippen LogP contribution is -2.00. The molecule has 0 saturated heterocycles. The number of carbonyl (C=O) groups is 1. The third kappa shape index (κ3) is 6.87. The van der Waals surface area contributed by atoms with Crippen molar-refractivity contribution in [2.24, 2.45) is 0 Å². The molecule has 8 heterocycles. The molecule has 2 aliphatic heterocycles. The van der Waals surface area contributed by atoms with Crippen LogP contribution in [-0.4, -0.2) is 52.6 Å². The highest BCUT2D eigenvalue weighted by atomic mass is 16.5. The van der Waals surface area contributed by atoms with Crippen molar-refractivity contribution in [3.8, 4) is 50.3 Å². The average molecular weight is 734 g/mol. The van der Waals surface area contributed by atoms with Gasteiger partial charge in [0.1, 0.15) is 5.75 Å². The Morgan fingerprint density at radius 2 is 0.875 bits per heavy atom. The number of carboxylic acids is 1. The Balaban J connectivity index is 1.32. The number of H-pyrrole nitrogens is 2. The van der Waals surface area contributed by atoms with Gasteiger partial charge < -0.3 is 19.8 Å². The van der Waals surface area contributed by atoms with Crippen LogP contribution in [0.4, 0.5) is 0 Å². The van der Waals surface area contributed by atoms with E-state index in [1.165, 1.54) is 0 Å². The van der Waals surface area contributed by atoms with Crippen molar-refractivity contribution in [3.05, 3.63) is 145 Å². The molecule has 0 atom stereocenters. The van der Waals surface area contributed by atoms with E-state index >= 15 is 0 Å². The lowest BCUT2D eigenvalue weighted by molar-refractivity contribution is -0.137. The van der Waals surface area contributed by atoms with Gasteiger partial charge in [-0.15, -0.1) is 0 Å². The molecule has 3 N–H and O–H groups in total. The van der Waals surface area contributed by atoms with E-state index in [4.69, 9.17) is 19.8 Å². The maximum absolute atomic E-state index is 10.9. The summed E-state index contributed by atoms with van der Waals surface area (Å²) in [6, 6.07) is 28.4. The number of pyridine rings is 3. The highest BCUT2D eigenvalue weighted by molar-refractivity contribution is 6.00. The van der Waals surface area contributed by atoms with Gasteiger partial charge in [0, 0.05) is 87.9 Å². The summed E-state index contributed by atoms with van der Waals surface area (Å²) in [6.07, 6.45) is 20.4. The van der Waals surface area contributed by atoms with Gasteiger partial charge in [0.05, 0.1) is 29.4 Å². The molecule has 0 unspecified atom stereocenters. The summed E-state index contributed by atoms with van der Waals surface area (Å²) in [7, 11) is 0. The van der Waals surface area contributed by atoms with Crippen LogP contribution in [0.5, 0.6) is 5.75 Å². The fourth-order valence-corrected chi connectivity index (χ4v) is 7.26. The Morgan fingerprint density at radius 3 is 1.32 bits per heavy atom. The molecule has 0 spiro atoms. The van der Waals surface area contributed by atoms with Crippen molar-refractivity contribution in [1.82, 2.24) is 34.9 Å². The Hall–Kier alpha value is -7.46. The second-order valence-corrected chi connectivity index (χ2v) is 13.4. The number of fused-ring (bicyclic) bond motifs is 8. The molecule has 0 radical (unpaired) electrons. The largest absolute Gasteiger partial charge is 0.494 e. The van der Waals surface area contributed by atoms with Crippen LogP contribution in [0.3, 0.4) is 0 Å². The molecule has 0 amide bonds. The minimum atomic E-state index is -0.795. The fraction of sp³-hybridized carbons (Fsp3) is 0.0870. The predicted octanol–water partition coefficient (Wildman–Crippen LogP) is 10.1. The van der Waals surface area contributed by atoms with E-state index in [2.05, 4.69) is 85.6 Å². The Morgan fingerprint density at radius 1 is 0.482 bits per heavy atom. The van der Waals surface area contributed by atoms with Crippen molar-refractivity contribution in [2.45, 2.75) is 19.3 Å². The first-order chi connectivity index (χ1) is 27.6. The van der Waals surface area contributed by atoms with Crippen LogP contribution < -0.4 is 4.74 Å². The molecule has 0 saturated carbocycles. The predicted molar refractivity (Wildman–Crippen MR) is 221 cm³/mol. The van der Waals surface area contributed by atoms with Crippen molar-refractivity contribution in [3.63, 3.8) is 0 Å². The zero-order chi connectivity index (χ0) is 37.8. The topological polar surface area (TPSA) is 143 Å². The number of aromatic amines is 2. The molecule has 0 aliphatic carbocycles. The zero-order valence-corrected chi connectivity index (χ0v) is 30.2. The third-order valence-corrected chi connectivity index (χ3v) is 9.86. The minimum absolute atomic E-state index is 0.134. The first kappa shape index (κ1) is 34.3. The SMILES string of the molecule is O=C(O)CCCCOc1ccc(-c2c3ccc([nH]3)c(-c3ccncc3)c3nc(c(-c4ccncc4)c4nc(c(-c5ccncc5)c5ccc2[nH]5)C=C4)C=C3)cc1.